The lowest BCUT2D eigenvalue weighted by Crippen LogP contribution is -2.15. The third-order valence-electron chi connectivity index (χ3n) is 2.66. The molecular weight excluding hydrogens is 201 g/mol. The zero-order valence-corrected chi connectivity index (χ0v) is 8.36. The lowest BCUT2D eigenvalue weighted by molar-refractivity contribution is -0.0931. The van der Waals surface area contributed by atoms with E-state index in [1.165, 1.54) is 6.08 Å². The van der Waals surface area contributed by atoms with Crippen LogP contribution in [-0.2, 0) is 6.42 Å². The topological polar surface area (TPSA) is 0 Å². The van der Waals surface area contributed by atoms with Gasteiger partial charge >= 0.3 is 6.18 Å². The molecule has 0 heterocycles. The fourth-order valence-electron chi connectivity index (χ4n) is 1.84. The van der Waals surface area contributed by atoms with Crippen molar-refractivity contribution in [1.29, 1.82) is 0 Å². The fraction of sp³-hybridized carbons (Fsp3) is 0.333. The molecule has 3 heteroatoms. The Kier molecular flexibility index (Phi) is 2.33. The maximum atomic E-state index is 12.4. The van der Waals surface area contributed by atoms with Gasteiger partial charge < -0.3 is 0 Å². The fourth-order valence-corrected chi connectivity index (χ4v) is 1.84. The van der Waals surface area contributed by atoms with Crippen LogP contribution in [0.1, 0.15) is 23.1 Å². The Bertz CT molecular complexity index is 413. The number of hydrogen-bond acceptors (Lipinski definition) is 0. The third kappa shape index (κ3) is 2.06. The molecule has 0 N–H and O–H groups in total. The molecule has 15 heavy (non-hydrogen) atoms. The number of alkyl halides is 3. The van der Waals surface area contributed by atoms with E-state index in [1.807, 2.05) is 19.1 Å². The molecular formula is C12H11F3. The second-order valence-electron chi connectivity index (χ2n) is 3.87. The van der Waals surface area contributed by atoms with Crippen LogP contribution < -0.4 is 0 Å². The lowest BCUT2D eigenvalue weighted by Gasteiger charge is -2.18. The van der Waals surface area contributed by atoms with Crippen LogP contribution in [0.4, 0.5) is 13.2 Å². The molecule has 0 bridgehead atoms. The average molecular weight is 212 g/mol. The molecule has 0 aromatic heterocycles. The van der Waals surface area contributed by atoms with Crippen molar-refractivity contribution < 1.29 is 13.2 Å². The van der Waals surface area contributed by atoms with E-state index in [2.05, 4.69) is 0 Å². The Morgan fingerprint density at radius 2 is 1.87 bits per heavy atom. The van der Waals surface area contributed by atoms with Crippen molar-refractivity contribution in [1.82, 2.24) is 0 Å². The largest absolute Gasteiger partial charge is 0.412 e. The van der Waals surface area contributed by atoms with E-state index in [-0.39, 0.29) is 6.42 Å². The molecule has 0 atom stereocenters. The molecule has 0 radical (unpaired) electrons. The summed E-state index contributed by atoms with van der Waals surface area (Å²) in [4.78, 5) is 0. The number of halogens is 3. The van der Waals surface area contributed by atoms with Gasteiger partial charge in [0.05, 0.1) is 0 Å². The number of rotatable bonds is 0. The SMILES string of the molecule is Cc1ccc2c(c1)CCC(C(F)(F)F)=C2. The molecule has 0 aliphatic heterocycles. The summed E-state index contributed by atoms with van der Waals surface area (Å²) in [6.07, 6.45) is -2.33. The molecule has 0 spiro atoms. The highest BCUT2D eigenvalue weighted by Gasteiger charge is 2.34. The van der Waals surface area contributed by atoms with Crippen LogP contribution in [0.25, 0.3) is 6.08 Å². The minimum atomic E-state index is -4.18. The van der Waals surface area contributed by atoms with Crippen LogP contribution >= 0.6 is 0 Å². The normalized spacial score (nSPS) is 15.9. The van der Waals surface area contributed by atoms with Crippen molar-refractivity contribution in [2.45, 2.75) is 25.9 Å². The predicted molar refractivity (Wildman–Crippen MR) is 53.5 cm³/mol. The van der Waals surface area contributed by atoms with Gasteiger partial charge in [-0.05, 0) is 37.0 Å². The van der Waals surface area contributed by atoms with Gasteiger partial charge in [-0.1, -0.05) is 23.8 Å². The number of fused-ring (bicyclic) bond motifs is 1. The van der Waals surface area contributed by atoms with Crippen molar-refractivity contribution in [2.75, 3.05) is 0 Å². The van der Waals surface area contributed by atoms with Gasteiger partial charge in [-0.25, -0.2) is 0 Å². The van der Waals surface area contributed by atoms with Crippen molar-refractivity contribution in [3.8, 4) is 0 Å². The second kappa shape index (κ2) is 3.40. The number of aryl methyl sites for hydroxylation is 2. The van der Waals surface area contributed by atoms with Gasteiger partial charge in [0, 0.05) is 5.57 Å². The molecule has 1 aromatic rings. The summed E-state index contributed by atoms with van der Waals surface area (Å²) in [5.74, 6) is 0. The van der Waals surface area contributed by atoms with Gasteiger partial charge in [-0.3, -0.25) is 0 Å². The molecule has 0 amide bonds. The quantitative estimate of drug-likeness (QED) is 0.612. The average Bonchev–Trinajstić information content (AvgIpc) is 2.15. The molecule has 0 fully saturated rings. The van der Waals surface area contributed by atoms with E-state index in [1.54, 1.807) is 6.07 Å². The monoisotopic (exact) mass is 212 g/mol. The van der Waals surface area contributed by atoms with Crippen LogP contribution in [0.15, 0.2) is 23.8 Å². The summed E-state index contributed by atoms with van der Waals surface area (Å²) in [6.45, 7) is 1.95. The Morgan fingerprint density at radius 3 is 2.53 bits per heavy atom. The van der Waals surface area contributed by atoms with Crippen LogP contribution in [0.2, 0.25) is 0 Å². The molecule has 1 aliphatic rings. The van der Waals surface area contributed by atoms with Gasteiger partial charge in [0.1, 0.15) is 0 Å². The predicted octanol–water partition coefficient (Wildman–Crippen LogP) is 3.89. The summed E-state index contributed by atoms with van der Waals surface area (Å²) in [5, 5.41) is 0. The molecule has 0 saturated carbocycles. The van der Waals surface area contributed by atoms with Crippen LogP contribution in [0, 0.1) is 6.92 Å². The summed E-state index contributed by atoms with van der Waals surface area (Å²) in [7, 11) is 0. The van der Waals surface area contributed by atoms with Gasteiger partial charge in [0.15, 0.2) is 0 Å². The van der Waals surface area contributed by atoms with Crippen molar-refractivity contribution in [3.05, 3.63) is 40.5 Å². The Hall–Kier alpha value is -1.25. The van der Waals surface area contributed by atoms with E-state index < -0.39 is 11.7 Å². The third-order valence-corrected chi connectivity index (χ3v) is 2.66. The van der Waals surface area contributed by atoms with Gasteiger partial charge in [0.25, 0.3) is 0 Å². The van der Waals surface area contributed by atoms with Crippen molar-refractivity contribution >= 4 is 6.08 Å². The molecule has 2 rings (SSSR count). The Morgan fingerprint density at radius 1 is 1.13 bits per heavy atom. The molecule has 0 saturated heterocycles. The maximum absolute atomic E-state index is 12.4. The lowest BCUT2D eigenvalue weighted by atomic mass is 9.91. The minimum absolute atomic E-state index is 0.0972. The first-order chi connectivity index (χ1) is 6.97. The standard InChI is InChI=1S/C12H11F3/c1-8-2-3-10-7-11(12(13,14)15)5-4-9(10)6-8/h2-3,6-7H,4-5H2,1H3. The number of allylic oxidation sites excluding steroid dienone is 1. The van der Waals surface area contributed by atoms with E-state index in [0.717, 1.165) is 11.1 Å². The van der Waals surface area contributed by atoms with Crippen LogP contribution in [-0.4, -0.2) is 6.18 Å². The maximum Gasteiger partial charge on any atom is 0.412 e. The summed E-state index contributed by atoms with van der Waals surface area (Å²) in [6, 6.07) is 5.56. The molecule has 1 aliphatic carbocycles. The van der Waals surface area contributed by atoms with Crippen LogP contribution in [0.3, 0.4) is 0 Å². The van der Waals surface area contributed by atoms with E-state index in [0.29, 0.717) is 12.0 Å². The first kappa shape index (κ1) is 10.3. The zero-order chi connectivity index (χ0) is 11.1. The number of hydrogen-bond donors (Lipinski definition) is 0. The summed E-state index contributed by atoms with van der Waals surface area (Å²) in [5.41, 5.74) is 2.40. The molecule has 80 valence electrons. The van der Waals surface area contributed by atoms with E-state index >= 15 is 0 Å². The first-order valence-electron chi connectivity index (χ1n) is 4.84. The summed E-state index contributed by atoms with van der Waals surface area (Å²) >= 11 is 0. The molecule has 0 unspecified atom stereocenters. The highest BCUT2D eigenvalue weighted by Crippen LogP contribution is 2.35. The minimum Gasteiger partial charge on any atom is -0.166 e. The van der Waals surface area contributed by atoms with Crippen molar-refractivity contribution in [3.63, 3.8) is 0 Å². The Labute approximate surface area is 86.4 Å². The van der Waals surface area contributed by atoms with Crippen LogP contribution in [0.5, 0.6) is 0 Å². The Balaban J connectivity index is 2.42. The second-order valence-corrected chi connectivity index (χ2v) is 3.87. The molecule has 1 aromatic carbocycles. The highest BCUT2D eigenvalue weighted by atomic mass is 19.4. The smallest absolute Gasteiger partial charge is 0.166 e. The van der Waals surface area contributed by atoms with Gasteiger partial charge in [0.2, 0.25) is 0 Å². The van der Waals surface area contributed by atoms with Gasteiger partial charge in [-0.15, -0.1) is 0 Å². The summed E-state index contributed by atoms with van der Waals surface area (Å²) < 4.78 is 37.3. The van der Waals surface area contributed by atoms with Crippen molar-refractivity contribution in [2.24, 2.45) is 0 Å². The highest BCUT2D eigenvalue weighted by molar-refractivity contribution is 5.61. The number of benzene rings is 1. The van der Waals surface area contributed by atoms with E-state index in [4.69, 9.17) is 0 Å². The molecule has 0 nitrogen and oxygen atoms in total. The zero-order valence-electron chi connectivity index (χ0n) is 8.36. The van der Waals surface area contributed by atoms with Gasteiger partial charge in [-0.2, -0.15) is 13.2 Å². The first-order valence-corrected chi connectivity index (χ1v) is 4.84. The van der Waals surface area contributed by atoms with E-state index in [9.17, 15) is 13.2 Å².